The van der Waals surface area contributed by atoms with Crippen molar-refractivity contribution < 1.29 is 9.52 Å². The van der Waals surface area contributed by atoms with E-state index in [4.69, 9.17) is 16.0 Å². The lowest BCUT2D eigenvalue weighted by atomic mass is 10.2. The number of hydrogen-bond donors (Lipinski definition) is 2. The number of furan rings is 1. The lowest BCUT2D eigenvalue weighted by molar-refractivity contribution is 0.162. The minimum Gasteiger partial charge on any atom is -0.467 e. The summed E-state index contributed by atoms with van der Waals surface area (Å²) in [6.07, 6.45) is 1.52. The molecule has 6 heteroatoms. The average molecular weight is 282 g/mol. The maximum atomic E-state index is 9.94. The van der Waals surface area contributed by atoms with E-state index in [1.165, 1.54) is 6.26 Å². The highest BCUT2D eigenvalue weighted by atomic mass is 35.5. The Labute approximate surface area is 116 Å². The highest BCUT2D eigenvalue weighted by molar-refractivity contribution is 6.30. The van der Waals surface area contributed by atoms with Crippen molar-refractivity contribution in [2.45, 2.75) is 26.4 Å². The summed E-state index contributed by atoms with van der Waals surface area (Å²) in [6.45, 7) is 4.06. The molecule has 0 spiro atoms. The van der Waals surface area contributed by atoms with Crippen molar-refractivity contribution in [3.05, 3.63) is 40.7 Å². The topological polar surface area (TPSA) is 71.2 Å². The molecular weight excluding hydrogens is 266 g/mol. The summed E-state index contributed by atoms with van der Waals surface area (Å²) in [7, 11) is 0. The van der Waals surface area contributed by atoms with Gasteiger partial charge in [0.1, 0.15) is 28.7 Å². The van der Waals surface area contributed by atoms with Crippen molar-refractivity contribution >= 4 is 17.4 Å². The SMILES string of the molecule is CCc1c(Cl)nc(C)nc1NC[C@H](O)c1ccco1. The van der Waals surface area contributed by atoms with Gasteiger partial charge < -0.3 is 14.8 Å². The number of nitrogens with one attached hydrogen (secondary N) is 1. The summed E-state index contributed by atoms with van der Waals surface area (Å²) < 4.78 is 5.14. The Bertz CT molecular complexity index is 543. The normalized spacial score (nSPS) is 12.4. The van der Waals surface area contributed by atoms with E-state index in [0.29, 0.717) is 29.1 Å². The predicted molar refractivity (Wildman–Crippen MR) is 73.3 cm³/mol. The van der Waals surface area contributed by atoms with Crippen LogP contribution in [-0.4, -0.2) is 21.6 Å². The van der Waals surface area contributed by atoms with Crippen molar-refractivity contribution in [2.75, 3.05) is 11.9 Å². The van der Waals surface area contributed by atoms with Crippen LogP contribution in [0.4, 0.5) is 5.82 Å². The molecule has 0 aromatic carbocycles. The fourth-order valence-corrected chi connectivity index (χ4v) is 2.14. The first-order valence-corrected chi connectivity index (χ1v) is 6.48. The molecule has 5 nitrogen and oxygen atoms in total. The number of hydrogen-bond acceptors (Lipinski definition) is 5. The summed E-state index contributed by atoms with van der Waals surface area (Å²) >= 11 is 6.08. The van der Waals surface area contributed by atoms with Gasteiger partial charge in [-0.25, -0.2) is 9.97 Å². The zero-order valence-corrected chi connectivity index (χ0v) is 11.6. The molecule has 2 aromatic heterocycles. The Morgan fingerprint density at radius 1 is 1.47 bits per heavy atom. The summed E-state index contributed by atoms with van der Waals surface area (Å²) in [5.74, 6) is 1.77. The molecule has 19 heavy (non-hydrogen) atoms. The van der Waals surface area contributed by atoms with Gasteiger partial charge in [-0.15, -0.1) is 0 Å². The number of aliphatic hydroxyl groups is 1. The molecule has 0 aliphatic carbocycles. The van der Waals surface area contributed by atoms with Crippen LogP contribution in [-0.2, 0) is 6.42 Å². The third-order valence-corrected chi connectivity index (χ3v) is 3.07. The Morgan fingerprint density at radius 2 is 2.26 bits per heavy atom. The van der Waals surface area contributed by atoms with Crippen LogP contribution in [0.5, 0.6) is 0 Å². The van der Waals surface area contributed by atoms with Crippen LogP contribution in [0.15, 0.2) is 22.8 Å². The van der Waals surface area contributed by atoms with Crippen LogP contribution >= 0.6 is 11.6 Å². The van der Waals surface area contributed by atoms with Crippen molar-refractivity contribution in [1.29, 1.82) is 0 Å². The second-order valence-electron chi connectivity index (χ2n) is 4.15. The second kappa shape index (κ2) is 6.04. The quantitative estimate of drug-likeness (QED) is 0.825. The van der Waals surface area contributed by atoms with E-state index in [1.54, 1.807) is 19.1 Å². The minimum atomic E-state index is -0.728. The summed E-state index contributed by atoms with van der Waals surface area (Å²) in [4.78, 5) is 8.43. The van der Waals surface area contributed by atoms with E-state index in [-0.39, 0.29) is 0 Å². The molecule has 0 aliphatic heterocycles. The van der Waals surface area contributed by atoms with Crippen LogP contribution in [0, 0.1) is 6.92 Å². The number of halogens is 1. The fraction of sp³-hybridized carbons (Fsp3) is 0.385. The van der Waals surface area contributed by atoms with Gasteiger partial charge in [-0.1, -0.05) is 18.5 Å². The van der Waals surface area contributed by atoms with Crippen molar-refractivity contribution in [3.63, 3.8) is 0 Å². The van der Waals surface area contributed by atoms with Crippen molar-refractivity contribution in [3.8, 4) is 0 Å². The van der Waals surface area contributed by atoms with Crippen LogP contribution in [0.25, 0.3) is 0 Å². The van der Waals surface area contributed by atoms with E-state index >= 15 is 0 Å². The van der Waals surface area contributed by atoms with E-state index in [1.807, 2.05) is 6.92 Å². The average Bonchev–Trinajstić information content (AvgIpc) is 2.89. The fourth-order valence-electron chi connectivity index (χ4n) is 1.80. The smallest absolute Gasteiger partial charge is 0.138 e. The Hall–Kier alpha value is -1.59. The highest BCUT2D eigenvalue weighted by Gasteiger charge is 2.14. The maximum Gasteiger partial charge on any atom is 0.138 e. The molecular formula is C13H16ClN3O2. The van der Waals surface area contributed by atoms with E-state index in [9.17, 15) is 5.11 Å². The third kappa shape index (κ3) is 3.24. The van der Waals surface area contributed by atoms with Crippen LogP contribution in [0.1, 0.15) is 30.2 Å². The lowest BCUT2D eigenvalue weighted by Gasteiger charge is -2.14. The molecule has 0 saturated heterocycles. The molecule has 0 radical (unpaired) electrons. The largest absolute Gasteiger partial charge is 0.467 e. The minimum absolute atomic E-state index is 0.299. The van der Waals surface area contributed by atoms with Gasteiger partial charge in [0, 0.05) is 12.1 Å². The summed E-state index contributed by atoms with van der Waals surface area (Å²) in [5, 5.41) is 13.5. The van der Waals surface area contributed by atoms with E-state index < -0.39 is 6.10 Å². The molecule has 2 rings (SSSR count). The number of aliphatic hydroxyl groups excluding tert-OH is 1. The monoisotopic (exact) mass is 281 g/mol. The van der Waals surface area contributed by atoms with Gasteiger partial charge in [-0.2, -0.15) is 0 Å². The van der Waals surface area contributed by atoms with Crippen molar-refractivity contribution in [1.82, 2.24) is 9.97 Å². The van der Waals surface area contributed by atoms with Gasteiger partial charge in [-0.3, -0.25) is 0 Å². The first-order chi connectivity index (χ1) is 9.11. The van der Waals surface area contributed by atoms with Crippen molar-refractivity contribution in [2.24, 2.45) is 0 Å². The Balaban J connectivity index is 2.11. The molecule has 0 bridgehead atoms. The molecule has 2 N–H and O–H groups in total. The standard InChI is InChI=1S/C13H16ClN3O2/c1-3-9-12(14)16-8(2)17-13(9)15-7-10(18)11-5-4-6-19-11/h4-6,10,18H,3,7H2,1-2H3,(H,15,16,17)/t10-/m0/s1. The summed E-state index contributed by atoms with van der Waals surface area (Å²) in [5.41, 5.74) is 0.846. The van der Waals surface area contributed by atoms with Gasteiger partial charge in [0.25, 0.3) is 0 Å². The van der Waals surface area contributed by atoms with Crippen LogP contribution in [0.3, 0.4) is 0 Å². The third-order valence-electron chi connectivity index (χ3n) is 2.76. The first-order valence-electron chi connectivity index (χ1n) is 6.10. The van der Waals surface area contributed by atoms with E-state index in [0.717, 1.165) is 12.0 Å². The van der Waals surface area contributed by atoms with Gasteiger partial charge in [0.05, 0.1) is 6.26 Å². The Kier molecular flexibility index (Phi) is 4.39. The predicted octanol–water partition coefficient (Wildman–Crippen LogP) is 2.74. The molecule has 0 fully saturated rings. The van der Waals surface area contributed by atoms with Gasteiger partial charge >= 0.3 is 0 Å². The zero-order chi connectivity index (χ0) is 13.8. The maximum absolute atomic E-state index is 9.94. The number of aryl methyl sites for hydroxylation is 1. The lowest BCUT2D eigenvalue weighted by Crippen LogP contribution is -2.14. The first kappa shape index (κ1) is 13.8. The number of nitrogens with zero attached hydrogens (tertiary/aromatic N) is 2. The second-order valence-corrected chi connectivity index (χ2v) is 4.51. The highest BCUT2D eigenvalue weighted by Crippen LogP contribution is 2.22. The molecule has 0 unspecified atom stereocenters. The Morgan fingerprint density at radius 3 is 2.89 bits per heavy atom. The van der Waals surface area contributed by atoms with Crippen LogP contribution < -0.4 is 5.32 Å². The summed E-state index contributed by atoms with van der Waals surface area (Å²) in [6, 6.07) is 3.47. The molecule has 0 amide bonds. The van der Waals surface area contributed by atoms with Crippen LogP contribution in [0.2, 0.25) is 5.15 Å². The molecule has 102 valence electrons. The number of rotatable bonds is 5. The van der Waals surface area contributed by atoms with Gasteiger partial charge in [0.15, 0.2) is 0 Å². The number of aromatic nitrogens is 2. The molecule has 0 aliphatic rings. The van der Waals surface area contributed by atoms with Gasteiger partial charge in [0.2, 0.25) is 0 Å². The molecule has 1 atom stereocenters. The number of anilines is 1. The van der Waals surface area contributed by atoms with E-state index in [2.05, 4.69) is 15.3 Å². The molecule has 2 aromatic rings. The van der Waals surface area contributed by atoms with Gasteiger partial charge in [-0.05, 0) is 25.5 Å². The molecule has 2 heterocycles. The molecule has 0 saturated carbocycles. The zero-order valence-electron chi connectivity index (χ0n) is 10.9.